The molecule has 0 N–H and O–H groups in total. The fourth-order valence-corrected chi connectivity index (χ4v) is 1.75. The van der Waals surface area contributed by atoms with Crippen LogP contribution < -0.4 is 4.74 Å². The van der Waals surface area contributed by atoms with Gasteiger partial charge in [-0.25, -0.2) is 0 Å². The largest absolute Gasteiger partial charge is 0.489 e. The Morgan fingerprint density at radius 3 is 2.72 bits per heavy atom. The van der Waals surface area contributed by atoms with Crippen molar-refractivity contribution < 1.29 is 4.74 Å². The van der Waals surface area contributed by atoms with E-state index in [0.717, 1.165) is 5.56 Å². The maximum Gasteiger partial charge on any atom is 0.121 e. The van der Waals surface area contributed by atoms with Crippen molar-refractivity contribution in [2.75, 3.05) is 0 Å². The summed E-state index contributed by atoms with van der Waals surface area (Å²) in [6.07, 6.45) is 3.21. The number of ether oxygens (including phenoxy) is 1. The minimum atomic E-state index is 0.323. The van der Waals surface area contributed by atoms with Crippen LogP contribution in [0.5, 0.6) is 5.75 Å². The zero-order chi connectivity index (χ0) is 13.0. The molecule has 0 saturated heterocycles. The van der Waals surface area contributed by atoms with Crippen LogP contribution in [0.15, 0.2) is 36.7 Å². The molecule has 0 unspecified atom stereocenters. The zero-order valence-electron chi connectivity index (χ0n) is 9.23. The first kappa shape index (κ1) is 12.7. The van der Waals surface area contributed by atoms with E-state index in [1.165, 1.54) is 0 Å². The van der Waals surface area contributed by atoms with Gasteiger partial charge in [-0.05, 0) is 18.2 Å². The molecule has 2 rings (SSSR count). The summed E-state index contributed by atoms with van der Waals surface area (Å²) in [4.78, 5) is 3.89. The van der Waals surface area contributed by atoms with Gasteiger partial charge in [-0.2, -0.15) is 5.26 Å². The third-order valence-electron chi connectivity index (χ3n) is 2.31. The Morgan fingerprint density at radius 2 is 2.06 bits per heavy atom. The Kier molecular flexibility index (Phi) is 4.03. The quantitative estimate of drug-likeness (QED) is 0.857. The van der Waals surface area contributed by atoms with Gasteiger partial charge in [0, 0.05) is 24.0 Å². The standard InChI is InChI=1S/C13H8Cl2N2O/c14-12-5-11(2-1-9(12)6-16)18-8-10-3-4-17-7-13(10)15/h1-5,7H,8H2. The molecule has 5 heteroatoms. The first-order valence-corrected chi connectivity index (χ1v) is 5.87. The molecule has 0 saturated carbocycles. The van der Waals surface area contributed by atoms with Crippen molar-refractivity contribution in [2.45, 2.75) is 6.61 Å². The first-order chi connectivity index (χ1) is 8.70. The highest BCUT2D eigenvalue weighted by Gasteiger charge is 2.04. The van der Waals surface area contributed by atoms with Gasteiger partial charge in [0.2, 0.25) is 0 Å². The van der Waals surface area contributed by atoms with Gasteiger partial charge in [-0.1, -0.05) is 23.2 Å². The van der Waals surface area contributed by atoms with Gasteiger partial charge in [0.05, 0.1) is 15.6 Å². The summed E-state index contributed by atoms with van der Waals surface area (Å²) in [7, 11) is 0. The number of benzene rings is 1. The topological polar surface area (TPSA) is 45.9 Å². The lowest BCUT2D eigenvalue weighted by Crippen LogP contribution is -1.96. The number of aromatic nitrogens is 1. The van der Waals surface area contributed by atoms with Crippen LogP contribution in [0, 0.1) is 11.3 Å². The second-order valence-corrected chi connectivity index (χ2v) is 4.32. The normalized spacial score (nSPS) is 9.83. The van der Waals surface area contributed by atoms with E-state index in [4.69, 9.17) is 33.2 Å². The summed E-state index contributed by atoms with van der Waals surface area (Å²) < 4.78 is 5.55. The molecule has 3 nitrogen and oxygen atoms in total. The molecule has 0 amide bonds. The molecule has 1 aromatic carbocycles. The lowest BCUT2D eigenvalue weighted by Gasteiger charge is -2.08. The number of halogens is 2. The zero-order valence-corrected chi connectivity index (χ0v) is 10.7. The Hall–Kier alpha value is -1.76. The maximum absolute atomic E-state index is 8.75. The summed E-state index contributed by atoms with van der Waals surface area (Å²) in [5.74, 6) is 0.590. The van der Waals surface area contributed by atoms with Crippen LogP contribution in [-0.2, 0) is 6.61 Å². The Morgan fingerprint density at radius 1 is 1.22 bits per heavy atom. The number of hydrogen-bond donors (Lipinski definition) is 0. The predicted molar refractivity (Wildman–Crippen MR) is 69.7 cm³/mol. The van der Waals surface area contributed by atoms with Gasteiger partial charge in [0.1, 0.15) is 18.4 Å². The van der Waals surface area contributed by atoms with Gasteiger partial charge in [-0.3, -0.25) is 4.98 Å². The molecule has 0 aliphatic rings. The van der Waals surface area contributed by atoms with Gasteiger partial charge >= 0.3 is 0 Å². The highest BCUT2D eigenvalue weighted by Crippen LogP contribution is 2.23. The highest BCUT2D eigenvalue weighted by molar-refractivity contribution is 6.32. The minimum absolute atomic E-state index is 0.323. The van der Waals surface area contributed by atoms with E-state index in [9.17, 15) is 0 Å². The number of nitriles is 1. The molecule has 1 aromatic heterocycles. The second kappa shape index (κ2) is 5.72. The molecule has 90 valence electrons. The van der Waals surface area contributed by atoms with Crippen LogP contribution in [0.1, 0.15) is 11.1 Å². The van der Waals surface area contributed by atoms with Crippen LogP contribution in [0.25, 0.3) is 0 Å². The monoisotopic (exact) mass is 278 g/mol. The van der Waals surface area contributed by atoms with Crippen LogP contribution in [0.3, 0.4) is 0 Å². The van der Waals surface area contributed by atoms with Gasteiger partial charge in [0.25, 0.3) is 0 Å². The summed E-state index contributed by atoms with van der Waals surface area (Å²) in [6.45, 7) is 0.323. The van der Waals surface area contributed by atoms with E-state index in [-0.39, 0.29) is 0 Å². The number of hydrogen-bond acceptors (Lipinski definition) is 3. The van der Waals surface area contributed by atoms with Gasteiger partial charge < -0.3 is 4.74 Å². The Labute approximate surface area is 115 Å². The van der Waals surface area contributed by atoms with Crippen molar-refractivity contribution in [1.29, 1.82) is 5.26 Å². The van der Waals surface area contributed by atoms with Crippen molar-refractivity contribution in [2.24, 2.45) is 0 Å². The lowest BCUT2D eigenvalue weighted by molar-refractivity contribution is 0.306. The van der Waals surface area contributed by atoms with Crippen molar-refractivity contribution in [1.82, 2.24) is 4.98 Å². The molecule has 2 aromatic rings. The van der Waals surface area contributed by atoms with Crippen LogP contribution >= 0.6 is 23.2 Å². The van der Waals surface area contributed by atoms with Gasteiger partial charge in [-0.15, -0.1) is 0 Å². The van der Waals surface area contributed by atoms with E-state index in [1.54, 1.807) is 36.7 Å². The summed E-state index contributed by atoms with van der Waals surface area (Å²) >= 11 is 11.9. The van der Waals surface area contributed by atoms with Crippen molar-refractivity contribution >= 4 is 23.2 Å². The number of rotatable bonds is 3. The van der Waals surface area contributed by atoms with Crippen LogP contribution in [0.4, 0.5) is 0 Å². The van der Waals surface area contributed by atoms with E-state index in [2.05, 4.69) is 4.98 Å². The average Bonchev–Trinajstić information content (AvgIpc) is 2.38. The molecular weight excluding hydrogens is 271 g/mol. The maximum atomic E-state index is 8.75. The van der Waals surface area contributed by atoms with E-state index >= 15 is 0 Å². The molecule has 0 aliphatic carbocycles. The van der Waals surface area contributed by atoms with Crippen LogP contribution in [0.2, 0.25) is 10.0 Å². The number of nitrogens with zero attached hydrogens (tertiary/aromatic N) is 2. The smallest absolute Gasteiger partial charge is 0.121 e. The van der Waals surface area contributed by atoms with Crippen molar-refractivity contribution in [3.8, 4) is 11.8 Å². The second-order valence-electron chi connectivity index (χ2n) is 3.51. The molecule has 0 bridgehead atoms. The van der Waals surface area contributed by atoms with E-state index in [1.807, 2.05) is 6.07 Å². The lowest BCUT2D eigenvalue weighted by atomic mass is 10.2. The van der Waals surface area contributed by atoms with Gasteiger partial charge in [0.15, 0.2) is 0 Å². The third-order valence-corrected chi connectivity index (χ3v) is 2.96. The molecule has 0 aliphatic heterocycles. The minimum Gasteiger partial charge on any atom is -0.489 e. The molecule has 0 atom stereocenters. The molecule has 0 radical (unpaired) electrons. The predicted octanol–water partition coefficient (Wildman–Crippen LogP) is 3.84. The molecular formula is C13H8Cl2N2O. The molecule has 0 spiro atoms. The third kappa shape index (κ3) is 2.92. The number of pyridine rings is 1. The van der Waals surface area contributed by atoms with E-state index < -0.39 is 0 Å². The molecule has 1 heterocycles. The fraction of sp³-hybridized carbons (Fsp3) is 0.0769. The van der Waals surface area contributed by atoms with E-state index in [0.29, 0.717) is 28.0 Å². The Bertz CT molecular complexity index is 608. The fourth-order valence-electron chi connectivity index (χ4n) is 1.36. The summed E-state index contributed by atoms with van der Waals surface area (Å²) in [5.41, 5.74) is 1.26. The first-order valence-electron chi connectivity index (χ1n) is 5.11. The SMILES string of the molecule is N#Cc1ccc(OCc2ccncc2Cl)cc1Cl. The molecule has 0 fully saturated rings. The average molecular weight is 279 g/mol. The van der Waals surface area contributed by atoms with Crippen LogP contribution in [-0.4, -0.2) is 4.98 Å². The Balaban J connectivity index is 2.10. The summed E-state index contributed by atoms with van der Waals surface area (Å²) in [6, 6.07) is 8.69. The summed E-state index contributed by atoms with van der Waals surface area (Å²) in [5, 5.41) is 9.68. The van der Waals surface area contributed by atoms with Crippen molar-refractivity contribution in [3.05, 3.63) is 57.8 Å². The highest BCUT2D eigenvalue weighted by atomic mass is 35.5. The van der Waals surface area contributed by atoms with Crippen molar-refractivity contribution in [3.63, 3.8) is 0 Å². The molecule has 18 heavy (non-hydrogen) atoms.